The number of aromatic nitrogens is 5. The van der Waals surface area contributed by atoms with Crippen LogP contribution in [0.2, 0.25) is 0 Å². The average Bonchev–Trinajstić information content (AvgIpc) is 3.41. The van der Waals surface area contributed by atoms with Crippen molar-refractivity contribution in [3.63, 3.8) is 0 Å². The van der Waals surface area contributed by atoms with E-state index < -0.39 is 5.54 Å². The highest BCUT2D eigenvalue weighted by Crippen LogP contribution is 2.37. The van der Waals surface area contributed by atoms with E-state index in [0.29, 0.717) is 23.1 Å². The molecule has 1 N–H and O–H groups in total. The predicted molar refractivity (Wildman–Crippen MR) is 110 cm³/mol. The minimum absolute atomic E-state index is 0.183. The van der Waals surface area contributed by atoms with E-state index in [9.17, 15) is 4.79 Å². The molecule has 0 aliphatic heterocycles. The van der Waals surface area contributed by atoms with Crippen LogP contribution in [0.3, 0.4) is 0 Å². The molecule has 0 radical (unpaired) electrons. The SMILES string of the molecule is O=C(NC1(c2noc(C3CCCCC3)n2)CCCCCC1)c1cccc2ncnn12. The van der Waals surface area contributed by atoms with Crippen molar-refractivity contribution in [2.45, 2.75) is 82.1 Å². The van der Waals surface area contributed by atoms with Gasteiger partial charge in [0.05, 0.1) is 0 Å². The fourth-order valence-corrected chi connectivity index (χ4v) is 4.98. The van der Waals surface area contributed by atoms with Crippen LogP contribution >= 0.6 is 0 Å². The van der Waals surface area contributed by atoms with E-state index in [1.807, 2.05) is 12.1 Å². The van der Waals surface area contributed by atoms with Gasteiger partial charge in [-0.15, -0.1) is 0 Å². The van der Waals surface area contributed by atoms with Crippen LogP contribution in [0.1, 0.15) is 98.8 Å². The molecule has 8 nitrogen and oxygen atoms in total. The molecule has 3 heterocycles. The summed E-state index contributed by atoms with van der Waals surface area (Å²) in [6, 6.07) is 5.43. The number of pyridine rings is 1. The number of carbonyl (C=O) groups excluding carboxylic acids is 1. The Labute approximate surface area is 175 Å². The van der Waals surface area contributed by atoms with Crippen LogP contribution in [0.5, 0.6) is 0 Å². The standard InChI is InChI=1S/C22H28N6O2/c29-19(17-11-8-12-18-23-15-24-28(17)18)26-22(13-6-1-2-7-14-22)21-25-20(30-27-21)16-9-4-3-5-10-16/h8,11-12,15-16H,1-7,9-10,13-14H2,(H,26,29). The average molecular weight is 409 g/mol. The molecule has 3 aromatic heterocycles. The van der Waals surface area contributed by atoms with Crippen LogP contribution in [0.4, 0.5) is 0 Å². The molecule has 2 aliphatic carbocycles. The van der Waals surface area contributed by atoms with Crippen molar-refractivity contribution >= 4 is 11.6 Å². The van der Waals surface area contributed by atoms with Gasteiger partial charge in [0, 0.05) is 5.92 Å². The zero-order chi connectivity index (χ0) is 20.4. The van der Waals surface area contributed by atoms with E-state index in [1.165, 1.54) is 25.6 Å². The van der Waals surface area contributed by atoms with Gasteiger partial charge < -0.3 is 9.84 Å². The summed E-state index contributed by atoms with van der Waals surface area (Å²) in [5.41, 5.74) is 0.508. The van der Waals surface area contributed by atoms with Gasteiger partial charge in [-0.25, -0.2) is 9.50 Å². The van der Waals surface area contributed by atoms with Crippen LogP contribution in [0.25, 0.3) is 5.65 Å². The molecule has 8 heteroatoms. The normalized spacial score (nSPS) is 20.1. The molecule has 0 unspecified atom stereocenters. The molecule has 2 saturated carbocycles. The lowest BCUT2D eigenvalue weighted by Gasteiger charge is -2.30. The first-order chi connectivity index (χ1) is 14.8. The van der Waals surface area contributed by atoms with Gasteiger partial charge in [-0.2, -0.15) is 10.1 Å². The second-order valence-electron chi connectivity index (χ2n) is 8.68. The van der Waals surface area contributed by atoms with Gasteiger partial charge in [-0.1, -0.05) is 56.2 Å². The topological polar surface area (TPSA) is 98.2 Å². The maximum atomic E-state index is 13.3. The summed E-state index contributed by atoms with van der Waals surface area (Å²) in [7, 11) is 0. The van der Waals surface area contributed by atoms with Gasteiger partial charge in [0.2, 0.25) is 5.89 Å². The fraction of sp³-hybridized carbons (Fsp3) is 0.591. The van der Waals surface area contributed by atoms with Gasteiger partial charge in [-0.05, 0) is 37.8 Å². The van der Waals surface area contributed by atoms with Crippen molar-refractivity contribution < 1.29 is 9.32 Å². The number of rotatable bonds is 4. The van der Waals surface area contributed by atoms with Crippen molar-refractivity contribution in [3.8, 4) is 0 Å². The zero-order valence-corrected chi connectivity index (χ0v) is 17.2. The highest BCUT2D eigenvalue weighted by molar-refractivity contribution is 5.93. The van der Waals surface area contributed by atoms with Crippen molar-refractivity contribution in [1.29, 1.82) is 0 Å². The smallest absolute Gasteiger partial charge is 0.270 e. The number of hydrogen-bond acceptors (Lipinski definition) is 6. The summed E-state index contributed by atoms with van der Waals surface area (Å²) < 4.78 is 7.30. The Kier molecular flexibility index (Phi) is 5.23. The fourth-order valence-electron chi connectivity index (χ4n) is 4.98. The third kappa shape index (κ3) is 3.59. The van der Waals surface area contributed by atoms with Crippen LogP contribution in [0, 0.1) is 0 Å². The number of fused-ring (bicyclic) bond motifs is 1. The molecule has 0 saturated heterocycles. The maximum absolute atomic E-state index is 13.3. The summed E-state index contributed by atoms with van der Waals surface area (Å²) in [6.45, 7) is 0. The van der Waals surface area contributed by atoms with Gasteiger partial charge in [0.15, 0.2) is 11.5 Å². The molecule has 0 aromatic carbocycles. The molecular weight excluding hydrogens is 380 g/mol. The minimum Gasteiger partial charge on any atom is -0.339 e. The molecule has 0 atom stereocenters. The van der Waals surface area contributed by atoms with Crippen LogP contribution in [-0.2, 0) is 5.54 Å². The lowest BCUT2D eigenvalue weighted by Crippen LogP contribution is -2.47. The molecule has 158 valence electrons. The van der Waals surface area contributed by atoms with Gasteiger partial charge in [0.25, 0.3) is 5.91 Å². The molecule has 2 fully saturated rings. The lowest BCUT2D eigenvalue weighted by atomic mass is 9.88. The van der Waals surface area contributed by atoms with E-state index in [0.717, 1.165) is 57.3 Å². The van der Waals surface area contributed by atoms with Crippen LogP contribution in [-0.4, -0.2) is 30.6 Å². The van der Waals surface area contributed by atoms with Gasteiger partial charge in [0.1, 0.15) is 17.6 Å². The highest BCUT2D eigenvalue weighted by Gasteiger charge is 2.40. The number of amides is 1. The van der Waals surface area contributed by atoms with E-state index in [-0.39, 0.29) is 5.91 Å². The maximum Gasteiger partial charge on any atom is 0.270 e. The summed E-state index contributed by atoms with van der Waals surface area (Å²) in [5.74, 6) is 1.53. The van der Waals surface area contributed by atoms with Gasteiger partial charge in [-0.3, -0.25) is 4.79 Å². The number of nitrogens with zero attached hydrogens (tertiary/aromatic N) is 5. The number of carbonyl (C=O) groups is 1. The third-order valence-corrected chi connectivity index (χ3v) is 6.67. The second-order valence-corrected chi connectivity index (χ2v) is 8.68. The first kappa shape index (κ1) is 19.2. The molecule has 5 rings (SSSR count). The molecule has 30 heavy (non-hydrogen) atoms. The minimum atomic E-state index is -0.604. The Hall–Kier alpha value is -2.77. The van der Waals surface area contributed by atoms with Crippen LogP contribution < -0.4 is 5.32 Å². The largest absolute Gasteiger partial charge is 0.339 e. The predicted octanol–water partition coefficient (Wildman–Crippen LogP) is 4.14. The van der Waals surface area contributed by atoms with Crippen LogP contribution in [0.15, 0.2) is 29.0 Å². The third-order valence-electron chi connectivity index (χ3n) is 6.67. The van der Waals surface area contributed by atoms with E-state index in [2.05, 4.69) is 20.6 Å². The Bertz CT molecular complexity index is 1010. The highest BCUT2D eigenvalue weighted by atomic mass is 16.5. The van der Waals surface area contributed by atoms with Crippen molar-refractivity contribution in [2.75, 3.05) is 0 Å². The Morgan fingerprint density at radius 3 is 2.63 bits per heavy atom. The lowest BCUT2D eigenvalue weighted by molar-refractivity contribution is 0.0869. The molecule has 3 aromatic rings. The Morgan fingerprint density at radius 1 is 1.07 bits per heavy atom. The van der Waals surface area contributed by atoms with Crippen molar-refractivity contribution in [2.24, 2.45) is 0 Å². The molecule has 0 spiro atoms. The van der Waals surface area contributed by atoms with E-state index in [4.69, 9.17) is 9.51 Å². The Balaban J connectivity index is 1.46. The molecule has 0 bridgehead atoms. The molecule has 1 amide bonds. The second kappa shape index (κ2) is 8.16. The van der Waals surface area contributed by atoms with Gasteiger partial charge >= 0.3 is 0 Å². The number of nitrogens with one attached hydrogen (secondary N) is 1. The quantitative estimate of drug-likeness (QED) is 0.652. The summed E-state index contributed by atoms with van der Waals surface area (Å²) in [4.78, 5) is 22.4. The summed E-state index contributed by atoms with van der Waals surface area (Å²) in [5, 5.41) is 11.9. The molecular formula is C22H28N6O2. The monoisotopic (exact) mass is 408 g/mol. The van der Waals surface area contributed by atoms with E-state index >= 15 is 0 Å². The summed E-state index contributed by atoms with van der Waals surface area (Å²) in [6.07, 6.45) is 13.4. The first-order valence-corrected chi connectivity index (χ1v) is 11.2. The summed E-state index contributed by atoms with van der Waals surface area (Å²) >= 11 is 0. The Morgan fingerprint density at radius 2 is 1.83 bits per heavy atom. The zero-order valence-electron chi connectivity index (χ0n) is 17.2. The van der Waals surface area contributed by atoms with E-state index in [1.54, 1.807) is 10.6 Å². The van der Waals surface area contributed by atoms with Crippen molar-refractivity contribution in [1.82, 2.24) is 30.1 Å². The number of hydrogen-bond donors (Lipinski definition) is 1. The van der Waals surface area contributed by atoms with Crippen molar-refractivity contribution in [3.05, 3.63) is 41.9 Å². The first-order valence-electron chi connectivity index (χ1n) is 11.2. The molecule has 2 aliphatic rings.